The van der Waals surface area contributed by atoms with Crippen LogP contribution >= 0.6 is 0 Å². The molecule has 13 heavy (non-hydrogen) atoms. The molecule has 0 aliphatic carbocycles. The summed E-state index contributed by atoms with van der Waals surface area (Å²) in [5, 5.41) is 19.2. The Morgan fingerprint density at radius 1 is 1.38 bits per heavy atom. The van der Waals surface area contributed by atoms with Gasteiger partial charge in [0.15, 0.2) is 0 Å². The number of piperidine rings is 1. The van der Waals surface area contributed by atoms with Crippen LogP contribution in [0.4, 0.5) is 0 Å². The van der Waals surface area contributed by atoms with E-state index < -0.39 is 0 Å². The number of likely N-dealkylation sites (tertiary alicyclic amines) is 1. The molecule has 1 heterocycles. The zero-order valence-electron chi connectivity index (χ0n) is 8.24. The molecule has 1 N–H and O–H groups in total. The van der Waals surface area contributed by atoms with E-state index in [1.54, 1.807) is 0 Å². The van der Waals surface area contributed by atoms with Crippen molar-refractivity contribution < 1.29 is 10.2 Å². The van der Waals surface area contributed by atoms with Gasteiger partial charge in [-0.15, -0.1) is 0 Å². The molecule has 0 aromatic rings. The van der Waals surface area contributed by atoms with E-state index >= 15 is 0 Å². The molecular formula is C10H20NO2. The summed E-state index contributed by atoms with van der Waals surface area (Å²) in [5.41, 5.74) is 0. The van der Waals surface area contributed by atoms with Crippen molar-refractivity contribution in [1.82, 2.24) is 4.90 Å². The third kappa shape index (κ3) is 3.63. The van der Waals surface area contributed by atoms with Gasteiger partial charge in [-0.25, -0.2) is 5.11 Å². The molecule has 1 fully saturated rings. The highest BCUT2D eigenvalue weighted by Gasteiger charge is 2.20. The fourth-order valence-corrected chi connectivity index (χ4v) is 2.10. The SMILES string of the molecule is [O]CCCN1CCCC[C@H]1CCO. The molecule has 0 aromatic carbocycles. The molecule has 1 rings (SSSR count). The van der Waals surface area contributed by atoms with E-state index in [9.17, 15) is 5.11 Å². The average Bonchev–Trinajstić information content (AvgIpc) is 2.17. The van der Waals surface area contributed by atoms with Gasteiger partial charge in [-0.05, 0) is 32.2 Å². The van der Waals surface area contributed by atoms with Crippen LogP contribution < -0.4 is 0 Å². The zero-order chi connectivity index (χ0) is 9.52. The monoisotopic (exact) mass is 186 g/mol. The van der Waals surface area contributed by atoms with Crippen molar-refractivity contribution in [3.8, 4) is 0 Å². The van der Waals surface area contributed by atoms with E-state index in [0.717, 1.165) is 25.9 Å². The van der Waals surface area contributed by atoms with E-state index in [1.165, 1.54) is 19.3 Å². The topological polar surface area (TPSA) is 43.4 Å². The molecule has 77 valence electrons. The van der Waals surface area contributed by atoms with Crippen LogP contribution in [0.1, 0.15) is 32.1 Å². The molecule has 0 spiro atoms. The van der Waals surface area contributed by atoms with E-state index in [4.69, 9.17) is 5.11 Å². The lowest BCUT2D eigenvalue weighted by Crippen LogP contribution is -2.40. The maximum absolute atomic E-state index is 10.4. The van der Waals surface area contributed by atoms with Gasteiger partial charge in [-0.2, -0.15) is 0 Å². The normalized spacial score (nSPS) is 24.9. The highest BCUT2D eigenvalue weighted by Crippen LogP contribution is 2.19. The van der Waals surface area contributed by atoms with E-state index in [2.05, 4.69) is 4.90 Å². The van der Waals surface area contributed by atoms with Gasteiger partial charge in [0, 0.05) is 19.2 Å². The number of aliphatic hydroxyl groups excluding tert-OH is 1. The minimum Gasteiger partial charge on any atom is -0.396 e. The Morgan fingerprint density at radius 2 is 2.23 bits per heavy atom. The number of hydrogen-bond acceptors (Lipinski definition) is 2. The van der Waals surface area contributed by atoms with Crippen molar-refractivity contribution in [3.05, 3.63) is 0 Å². The van der Waals surface area contributed by atoms with Crippen LogP contribution in [0.5, 0.6) is 0 Å². The predicted octanol–water partition coefficient (Wildman–Crippen LogP) is 1.04. The molecule has 0 amide bonds. The van der Waals surface area contributed by atoms with E-state index in [0.29, 0.717) is 6.04 Å². The zero-order valence-corrected chi connectivity index (χ0v) is 8.24. The van der Waals surface area contributed by atoms with Gasteiger partial charge in [0.25, 0.3) is 0 Å². The second-order valence-corrected chi connectivity index (χ2v) is 3.76. The van der Waals surface area contributed by atoms with E-state index in [-0.39, 0.29) is 13.2 Å². The van der Waals surface area contributed by atoms with Crippen molar-refractivity contribution >= 4 is 0 Å². The Hall–Kier alpha value is -0.120. The van der Waals surface area contributed by atoms with Gasteiger partial charge in [-0.3, -0.25) is 0 Å². The summed E-state index contributed by atoms with van der Waals surface area (Å²) in [6, 6.07) is 0.533. The Kier molecular flexibility index (Phi) is 5.35. The Labute approximate surface area is 80.4 Å². The number of nitrogens with zero attached hydrogens (tertiary/aromatic N) is 1. The summed E-state index contributed by atoms with van der Waals surface area (Å²) >= 11 is 0. The minimum absolute atomic E-state index is 0.0301. The van der Waals surface area contributed by atoms with Gasteiger partial charge in [0.2, 0.25) is 0 Å². The summed E-state index contributed by atoms with van der Waals surface area (Å²) in [6.45, 7) is 2.35. The number of aliphatic hydroxyl groups is 1. The maximum Gasteiger partial charge on any atom is 0.0834 e. The van der Waals surface area contributed by atoms with Gasteiger partial charge < -0.3 is 10.0 Å². The third-order valence-corrected chi connectivity index (χ3v) is 2.80. The lowest BCUT2D eigenvalue weighted by Gasteiger charge is -2.35. The smallest absolute Gasteiger partial charge is 0.0834 e. The highest BCUT2D eigenvalue weighted by atomic mass is 16.3. The second-order valence-electron chi connectivity index (χ2n) is 3.76. The molecule has 3 heteroatoms. The van der Waals surface area contributed by atoms with Crippen LogP contribution in [-0.4, -0.2) is 42.4 Å². The molecule has 1 atom stereocenters. The molecule has 1 saturated heterocycles. The summed E-state index contributed by atoms with van der Waals surface area (Å²) in [4.78, 5) is 2.37. The van der Waals surface area contributed by atoms with Gasteiger partial charge in [0.05, 0.1) is 6.61 Å². The van der Waals surface area contributed by atoms with Crippen molar-refractivity contribution in [2.75, 3.05) is 26.3 Å². The first kappa shape index (κ1) is 11.0. The average molecular weight is 186 g/mol. The van der Waals surface area contributed by atoms with Gasteiger partial charge in [0.1, 0.15) is 0 Å². The lowest BCUT2D eigenvalue weighted by atomic mass is 9.99. The van der Waals surface area contributed by atoms with Crippen LogP contribution in [-0.2, 0) is 5.11 Å². The number of hydrogen-bond donors (Lipinski definition) is 1. The molecule has 3 nitrogen and oxygen atoms in total. The molecule has 0 unspecified atom stereocenters. The van der Waals surface area contributed by atoms with Gasteiger partial charge in [-0.1, -0.05) is 6.42 Å². The minimum atomic E-state index is 0.0301. The van der Waals surface area contributed by atoms with Crippen molar-refractivity contribution in [2.45, 2.75) is 38.1 Å². The van der Waals surface area contributed by atoms with Crippen molar-refractivity contribution in [2.24, 2.45) is 0 Å². The molecule has 0 bridgehead atoms. The highest BCUT2D eigenvalue weighted by molar-refractivity contribution is 4.76. The largest absolute Gasteiger partial charge is 0.396 e. The fourth-order valence-electron chi connectivity index (χ4n) is 2.10. The standard InChI is InChI=1S/C10H20NO2/c12-8-3-7-11-6-2-1-4-10(11)5-9-13/h10,13H,1-9H2/t10-/m0/s1. The summed E-state index contributed by atoms with van der Waals surface area (Å²) < 4.78 is 0. The fraction of sp³-hybridized carbons (Fsp3) is 1.00. The first-order valence-corrected chi connectivity index (χ1v) is 5.31. The molecule has 0 aromatic heterocycles. The summed E-state index contributed by atoms with van der Waals surface area (Å²) in [6.07, 6.45) is 5.35. The number of rotatable bonds is 5. The summed E-state index contributed by atoms with van der Waals surface area (Å²) in [5.74, 6) is 0. The van der Waals surface area contributed by atoms with Crippen LogP contribution in [0, 0.1) is 0 Å². The summed E-state index contributed by atoms with van der Waals surface area (Å²) in [7, 11) is 0. The van der Waals surface area contributed by atoms with Crippen LogP contribution in [0.2, 0.25) is 0 Å². The van der Waals surface area contributed by atoms with Crippen LogP contribution in [0.25, 0.3) is 0 Å². The van der Waals surface area contributed by atoms with Crippen LogP contribution in [0.15, 0.2) is 0 Å². The first-order chi connectivity index (χ1) is 6.38. The molecule has 1 aliphatic rings. The Balaban J connectivity index is 2.28. The molecular weight excluding hydrogens is 166 g/mol. The Morgan fingerprint density at radius 3 is 2.92 bits per heavy atom. The molecule has 1 radical (unpaired) electrons. The van der Waals surface area contributed by atoms with Crippen molar-refractivity contribution in [3.63, 3.8) is 0 Å². The van der Waals surface area contributed by atoms with Gasteiger partial charge >= 0.3 is 0 Å². The second kappa shape index (κ2) is 6.35. The van der Waals surface area contributed by atoms with E-state index in [1.807, 2.05) is 0 Å². The third-order valence-electron chi connectivity index (χ3n) is 2.80. The Bertz CT molecular complexity index is 128. The first-order valence-electron chi connectivity index (χ1n) is 5.31. The molecule has 1 aliphatic heterocycles. The maximum atomic E-state index is 10.4. The predicted molar refractivity (Wildman–Crippen MR) is 51.1 cm³/mol. The lowest BCUT2D eigenvalue weighted by molar-refractivity contribution is 0.101. The quantitative estimate of drug-likeness (QED) is 0.697. The van der Waals surface area contributed by atoms with Crippen molar-refractivity contribution in [1.29, 1.82) is 0 Å². The van der Waals surface area contributed by atoms with Crippen LogP contribution in [0.3, 0.4) is 0 Å². The molecule has 0 saturated carbocycles.